The predicted octanol–water partition coefficient (Wildman–Crippen LogP) is 4.60. The van der Waals surface area contributed by atoms with E-state index in [0.717, 1.165) is 36.3 Å². The van der Waals surface area contributed by atoms with Gasteiger partial charge in [0.05, 0.1) is 13.7 Å². The van der Waals surface area contributed by atoms with E-state index in [1.165, 1.54) is 12.8 Å². The minimum Gasteiger partial charge on any atom is -0.496 e. The molecule has 2 aliphatic rings. The number of ketones is 1. The second kappa shape index (κ2) is 8.46. The van der Waals surface area contributed by atoms with Crippen LogP contribution in [0.25, 0.3) is 11.1 Å². The zero-order valence-corrected chi connectivity index (χ0v) is 17.4. The summed E-state index contributed by atoms with van der Waals surface area (Å²) in [6.07, 6.45) is 4.45. The third kappa shape index (κ3) is 3.71. The molecule has 5 nitrogen and oxygen atoms in total. The molecule has 1 heterocycles. The van der Waals surface area contributed by atoms with Gasteiger partial charge in [0.15, 0.2) is 5.78 Å². The largest absolute Gasteiger partial charge is 0.496 e. The zero-order valence-electron chi connectivity index (χ0n) is 17.4. The van der Waals surface area contributed by atoms with E-state index in [9.17, 15) is 4.79 Å². The van der Waals surface area contributed by atoms with Crippen LogP contribution >= 0.6 is 0 Å². The van der Waals surface area contributed by atoms with Gasteiger partial charge >= 0.3 is 0 Å². The molecular weight excluding hydrogens is 366 g/mol. The van der Waals surface area contributed by atoms with Crippen LogP contribution in [-0.2, 0) is 0 Å². The summed E-state index contributed by atoms with van der Waals surface area (Å²) >= 11 is 0. The van der Waals surface area contributed by atoms with Crippen molar-refractivity contribution in [2.75, 3.05) is 20.3 Å². The minimum atomic E-state index is -0.0101. The van der Waals surface area contributed by atoms with Crippen molar-refractivity contribution in [3.05, 3.63) is 41.5 Å². The van der Waals surface area contributed by atoms with Crippen molar-refractivity contribution < 1.29 is 19.0 Å². The maximum Gasteiger partial charge on any atom is 0.194 e. The van der Waals surface area contributed by atoms with E-state index in [-0.39, 0.29) is 11.9 Å². The van der Waals surface area contributed by atoms with Crippen molar-refractivity contribution in [1.29, 1.82) is 0 Å². The molecule has 154 valence electrons. The molecule has 0 saturated carbocycles. The first-order valence-corrected chi connectivity index (χ1v) is 10.6. The quantitative estimate of drug-likeness (QED) is 0.633. The molecule has 5 heteroatoms. The molecule has 2 unspecified atom stereocenters. The maximum absolute atomic E-state index is 13.1. The first-order chi connectivity index (χ1) is 14.1. The number of methoxy groups -OCH3 is 1. The van der Waals surface area contributed by atoms with Gasteiger partial charge in [0.25, 0.3) is 0 Å². The Morgan fingerprint density at radius 3 is 2.69 bits per heavy atom. The van der Waals surface area contributed by atoms with Gasteiger partial charge in [0, 0.05) is 34.4 Å². The van der Waals surface area contributed by atoms with Crippen LogP contribution in [0, 0.1) is 0 Å². The van der Waals surface area contributed by atoms with E-state index in [1.807, 2.05) is 30.3 Å². The predicted molar refractivity (Wildman–Crippen MR) is 113 cm³/mol. The Kier molecular flexibility index (Phi) is 5.76. The molecular formula is C24H29NO4. The molecule has 1 aliphatic heterocycles. The van der Waals surface area contributed by atoms with E-state index in [1.54, 1.807) is 7.11 Å². The highest BCUT2D eigenvalue weighted by molar-refractivity contribution is 6.23. The lowest BCUT2D eigenvalue weighted by molar-refractivity contribution is 0.104. The molecule has 2 aromatic rings. The summed E-state index contributed by atoms with van der Waals surface area (Å²) in [5.74, 6) is 2.02. The summed E-state index contributed by atoms with van der Waals surface area (Å²) < 4.78 is 17.8. The van der Waals surface area contributed by atoms with Gasteiger partial charge in [-0.05, 0) is 44.9 Å². The summed E-state index contributed by atoms with van der Waals surface area (Å²) in [6.45, 7) is 5.78. The molecule has 29 heavy (non-hydrogen) atoms. The third-order valence-electron chi connectivity index (χ3n) is 5.76. The van der Waals surface area contributed by atoms with E-state index < -0.39 is 0 Å². The molecule has 1 N–H and O–H groups in total. The SMILES string of the molecule is CCCOc1cc(OC)c2c(c1)C(=O)c1cccc(OC(C)C3CCCCN3)c1-2. The lowest BCUT2D eigenvalue weighted by atomic mass is 10.00. The number of nitrogens with one attached hydrogen (secondary N) is 1. The van der Waals surface area contributed by atoms with Gasteiger partial charge in [-0.25, -0.2) is 0 Å². The molecule has 1 aliphatic carbocycles. The van der Waals surface area contributed by atoms with Crippen LogP contribution in [0.15, 0.2) is 30.3 Å². The summed E-state index contributed by atoms with van der Waals surface area (Å²) in [5.41, 5.74) is 2.90. The van der Waals surface area contributed by atoms with Gasteiger partial charge in [-0.3, -0.25) is 4.79 Å². The summed E-state index contributed by atoms with van der Waals surface area (Å²) in [6, 6.07) is 9.70. The molecule has 0 radical (unpaired) electrons. The molecule has 0 amide bonds. The number of carbonyl (C=O) groups is 1. The average Bonchev–Trinajstić information content (AvgIpc) is 3.05. The first kappa shape index (κ1) is 19.8. The fourth-order valence-corrected chi connectivity index (χ4v) is 4.27. The van der Waals surface area contributed by atoms with Crippen molar-refractivity contribution in [1.82, 2.24) is 5.32 Å². The van der Waals surface area contributed by atoms with E-state index in [4.69, 9.17) is 14.2 Å². The van der Waals surface area contributed by atoms with E-state index in [0.29, 0.717) is 35.3 Å². The Balaban J connectivity index is 1.72. The smallest absolute Gasteiger partial charge is 0.194 e. The Hall–Kier alpha value is -2.53. The first-order valence-electron chi connectivity index (χ1n) is 10.6. The summed E-state index contributed by atoms with van der Waals surface area (Å²) in [4.78, 5) is 13.1. The molecule has 0 aromatic heterocycles. The fraction of sp³-hybridized carbons (Fsp3) is 0.458. The van der Waals surface area contributed by atoms with E-state index in [2.05, 4.69) is 19.2 Å². The Morgan fingerprint density at radius 2 is 1.97 bits per heavy atom. The van der Waals surface area contributed by atoms with Gasteiger partial charge < -0.3 is 19.5 Å². The topological polar surface area (TPSA) is 56.8 Å². The molecule has 1 saturated heterocycles. The standard InChI is InChI=1S/C24H29NO4/c1-4-12-28-16-13-18-23(21(14-16)27-3)22-17(24(18)26)8-7-10-20(22)29-15(2)19-9-5-6-11-25-19/h7-8,10,13-15,19,25H,4-6,9,11-12H2,1-3H3. The summed E-state index contributed by atoms with van der Waals surface area (Å²) in [5, 5.41) is 3.55. The highest BCUT2D eigenvalue weighted by Crippen LogP contribution is 2.49. The number of ether oxygens (including phenoxy) is 3. The molecule has 0 spiro atoms. The van der Waals surface area contributed by atoms with Crippen LogP contribution in [-0.4, -0.2) is 38.2 Å². The van der Waals surface area contributed by atoms with Gasteiger partial charge in [-0.15, -0.1) is 0 Å². The van der Waals surface area contributed by atoms with Gasteiger partial charge in [0.1, 0.15) is 23.4 Å². The summed E-state index contributed by atoms with van der Waals surface area (Å²) in [7, 11) is 1.62. The monoisotopic (exact) mass is 395 g/mol. The molecule has 0 bridgehead atoms. The number of hydrogen-bond acceptors (Lipinski definition) is 5. The highest BCUT2D eigenvalue weighted by atomic mass is 16.5. The van der Waals surface area contributed by atoms with Crippen molar-refractivity contribution >= 4 is 5.78 Å². The lowest BCUT2D eigenvalue weighted by Crippen LogP contribution is -2.44. The van der Waals surface area contributed by atoms with Crippen LogP contribution < -0.4 is 19.5 Å². The van der Waals surface area contributed by atoms with Gasteiger partial charge in [0.2, 0.25) is 0 Å². The van der Waals surface area contributed by atoms with Crippen LogP contribution in [0.4, 0.5) is 0 Å². The third-order valence-corrected chi connectivity index (χ3v) is 5.76. The second-order valence-electron chi connectivity index (χ2n) is 7.78. The van der Waals surface area contributed by atoms with Crippen LogP contribution in [0.5, 0.6) is 17.2 Å². The number of rotatable bonds is 7. The Bertz CT molecular complexity index is 902. The number of piperidine rings is 1. The Morgan fingerprint density at radius 1 is 1.14 bits per heavy atom. The average molecular weight is 395 g/mol. The zero-order chi connectivity index (χ0) is 20.4. The van der Waals surface area contributed by atoms with Crippen LogP contribution in [0.3, 0.4) is 0 Å². The normalized spacial score (nSPS) is 18.7. The molecule has 1 fully saturated rings. The van der Waals surface area contributed by atoms with Crippen LogP contribution in [0.1, 0.15) is 55.5 Å². The molecule has 4 rings (SSSR count). The number of hydrogen-bond donors (Lipinski definition) is 1. The number of fused-ring (bicyclic) bond motifs is 3. The van der Waals surface area contributed by atoms with Crippen molar-refractivity contribution in [2.45, 2.75) is 51.7 Å². The Labute approximate surface area is 172 Å². The molecule has 2 aromatic carbocycles. The fourth-order valence-electron chi connectivity index (χ4n) is 4.27. The van der Waals surface area contributed by atoms with Crippen molar-refractivity contribution in [2.24, 2.45) is 0 Å². The van der Waals surface area contributed by atoms with Crippen molar-refractivity contribution in [3.63, 3.8) is 0 Å². The van der Waals surface area contributed by atoms with Crippen LogP contribution in [0.2, 0.25) is 0 Å². The highest BCUT2D eigenvalue weighted by Gasteiger charge is 2.34. The lowest BCUT2D eigenvalue weighted by Gasteiger charge is -2.30. The second-order valence-corrected chi connectivity index (χ2v) is 7.78. The maximum atomic E-state index is 13.1. The van der Waals surface area contributed by atoms with Gasteiger partial charge in [-0.1, -0.05) is 25.5 Å². The van der Waals surface area contributed by atoms with Gasteiger partial charge in [-0.2, -0.15) is 0 Å². The molecule has 2 atom stereocenters. The number of benzene rings is 2. The number of carbonyl (C=O) groups excluding carboxylic acids is 1. The van der Waals surface area contributed by atoms with Crippen molar-refractivity contribution in [3.8, 4) is 28.4 Å². The minimum absolute atomic E-state index is 0.0101. The van der Waals surface area contributed by atoms with E-state index >= 15 is 0 Å².